The first kappa shape index (κ1) is 13.4. The molecule has 1 aromatic carbocycles. The third-order valence-electron chi connectivity index (χ3n) is 2.85. The van der Waals surface area contributed by atoms with Gasteiger partial charge in [0, 0.05) is 0 Å². The maximum Gasteiger partial charge on any atom is 0.247 e. The van der Waals surface area contributed by atoms with Gasteiger partial charge < -0.3 is 4.11 Å². The van der Waals surface area contributed by atoms with Crippen molar-refractivity contribution in [2.24, 2.45) is 0 Å². The predicted molar refractivity (Wildman–Crippen MR) is 73.1 cm³/mol. The number of hydrogen-bond acceptors (Lipinski definition) is 0. The second kappa shape index (κ2) is 4.32. The Morgan fingerprint density at radius 3 is 1.88 bits per heavy atom. The second-order valence-electron chi connectivity index (χ2n) is 6.47. The van der Waals surface area contributed by atoms with E-state index < -0.39 is 9.85 Å². The maximum atomic E-state index is 13.2. The standard InChI is InChI=1S/C14H23FSi/c1-13(2,3)10-8-7-9-11(16-15)12(10)14(4,5)6/h7-9H,16H2,1-6H3. The smallest absolute Gasteiger partial charge is 0.247 e. The second-order valence-corrected chi connectivity index (χ2v) is 7.50. The summed E-state index contributed by atoms with van der Waals surface area (Å²) in [4.78, 5) is 0. The monoisotopic (exact) mass is 238 g/mol. The first-order valence-electron chi connectivity index (χ1n) is 5.86. The molecule has 1 rings (SSSR count). The van der Waals surface area contributed by atoms with Crippen molar-refractivity contribution >= 4 is 15.0 Å². The van der Waals surface area contributed by atoms with Gasteiger partial charge in [0.2, 0.25) is 9.85 Å². The molecule has 0 fully saturated rings. The lowest BCUT2D eigenvalue weighted by molar-refractivity contribution is 0.533. The zero-order chi connectivity index (χ0) is 12.6. The Hall–Kier alpha value is -0.633. The van der Waals surface area contributed by atoms with E-state index in [1.807, 2.05) is 12.1 Å². The Balaban J connectivity index is 3.51. The summed E-state index contributed by atoms with van der Waals surface area (Å²) in [5.74, 6) is 0. The first-order valence-corrected chi connectivity index (χ1v) is 7.11. The molecule has 0 saturated carbocycles. The van der Waals surface area contributed by atoms with Crippen LogP contribution >= 0.6 is 0 Å². The molecule has 0 amide bonds. The zero-order valence-electron chi connectivity index (χ0n) is 11.3. The van der Waals surface area contributed by atoms with Crippen molar-refractivity contribution < 1.29 is 4.11 Å². The van der Waals surface area contributed by atoms with Gasteiger partial charge in [-0.3, -0.25) is 0 Å². The molecule has 0 saturated heterocycles. The minimum absolute atomic E-state index is 0.0261. The van der Waals surface area contributed by atoms with Crippen molar-refractivity contribution in [1.82, 2.24) is 0 Å². The summed E-state index contributed by atoms with van der Waals surface area (Å²) in [5, 5.41) is 0.972. The van der Waals surface area contributed by atoms with E-state index in [-0.39, 0.29) is 10.8 Å². The molecule has 0 N–H and O–H groups in total. The van der Waals surface area contributed by atoms with E-state index in [0.717, 1.165) is 5.19 Å². The van der Waals surface area contributed by atoms with Gasteiger partial charge in [-0.05, 0) is 27.1 Å². The largest absolute Gasteiger partial charge is 0.317 e. The fraction of sp³-hybridized carbons (Fsp3) is 0.571. The molecule has 0 nitrogen and oxygen atoms in total. The Morgan fingerprint density at radius 2 is 1.50 bits per heavy atom. The van der Waals surface area contributed by atoms with Crippen molar-refractivity contribution in [1.29, 1.82) is 0 Å². The molecule has 0 spiro atoms. The van der Waals surface area contributed by atoms with Crippen LogP contribution in [0.3, 0.4) is 0 Å². The van der Waals surface area contributed by atoms with Crippen LogP contribution in [0.5, 0.6) is 0 Å². The average Bonchev–Trinajstić information content (AvgIpc) is 2.13. The lowest BCUT2D eigenvalue weighted by Gasteiger charge is -2.31. The molecule has 0 radical (unpaired) electrons. The SMILES string of the molecule is CC(C)(C)c1cccc([SiH2]F)c1C(C)(C)C. The lowest BCUT2D eigenvalue weighted by atomic mass is 9.75. The maximum absolute atomic E-state index is 13.2. The van der Waals surface area contributed by atoms with E-state index >= 15 is 0 Å². The highest BCUT2D eigenvalue weighted by Gasteiger charge is 2.27. The van der Waals surface area contributed by atoms with Gasteiger partial charge in [-0.15, -0.1) is 0 Å². The van der Waals surface area contributed by atoms with E-state index in [9.17, 15) is 4.11 Å². The molecular formula is C14H23FSi. The summed E-state index contributed by atoms with van der Waals surface area (Å²) in [5.41, 5.74) is 2.64. The van der Waals surface area contributed by atoms with Crippen LogP contribution in [0.1, 0.15) is 52.7 Å². The predicted octanol–water partition coefficient (Wildman–Crippen LogP) is 2.96. The molecule has 0 aliphatic heterocycles. The van der Waals surface area contributed by atoms with Crippen molar-refractivity contribution in [3.8, 4) is 0 Å². The Bertz CT molecular complexity index is 369. The Labute approximate surface area is 101 Å². The first-order chi connectivity index (χ1) is 7.18. The van der Waals surface area contributed by atoms with Crippen LogP contribution in [0.4, 0.5) is 4.11 Å². The number of hydrogen-bond donors (Lipinski definition) is 0. The number of rotatable bonds is 1. The van der Waals surface area contributed by atoms with Crippen LogP contribution < -0.4 is 5.19 Å². The van der Waals surface area contributed by atoms with Gasteiger partial charge in [-0.2, -0.15) is 0 Å². The third kappa shape index (κ3) is 2.73. The van der Waals surface area contributed by atoms with Crippen molar-refractivity contribution in [2.45, 2.75) is 52.4 Å². The Kier molecular flexibility index (Phi) is 3.63. The zero-order valence-corrected chi connectivity index (χ0v) is 12.7. The van der Waals surface area contributed by atoms with Gasteiger partial charge in [0.1, 0.15) is 0 Å². The van der Waals surface area contributed by atoms with Gasteiger partial charge in [-0.1, -0.05) is 59.7 Å². The molecule has 0 aliphatic carbocycles. The molecule has 0 unspecified atom stereocenters. The molecule has 0 heterocycles. The van der Waals surface area contributed by atoms with Crippen LogP contribution in [0.25, 0.3) is 0 Å². The molecule has 16 heavy (non-hydrogen) atoms. The van der Waals surface area contributed by atoms with E-state index in [0.29, 0.717) is 0 Å². The minimum Gasteiger partial charge on any atom is -0.317 e. The summed E-state index contributed by atoms with van der Waals surface area (Å²) in [6.07, 6.45) is 0. The molecule has 90 valence electrons. The molecule has 0 bridgehead atoms. The molecule has 1 aromatic rings. The van der Waals surface area contributed by atoms with Gasteiger partial charge in [0.15, 0.2) is 0 Å². The highest BCUT2D eigenvalue weighted by Crippen LogP contribution is 2.32. The average molecular weight is 238 g/mol. The van der Waals surface area contributed by atoms with Crippen LogP contribution in [0.15, 0.2) is 18.2 Å². The highest BCUT2D eigenvalue weighted by atomic mass is 28.3. The van der Waals surface area contributed by atoms with Crippen molar-refractivity contribution in [3.05, 3.63) is 29.3 Å². The van der Waals surface area contributed by atoms with Gasteiger partial charge in [0.25, 0.3) is 0 Å². The van der Waals surface area contributed by atoms with Crippen LogP contribution in [-0.2, 0) is 10.8 Å². The highest BCUT2D eigenvalue weighted by molar-refractivity contribution is 6.47. The number of halogens is 1. The van der Waals surface area contributed by atoms with Crippen LogP contribution in [0, 0.1) is 0 Å². The topological polar surface area (TPSA) is 0 Å². The molecule has 0 aromatic heterocycles. The van der Waals surface area contributed by atoms with Crippen molar-refractivity contribution in [2.75, 3.05) is 0 Å². The van der Waals surface area contributed by atoms with Crippen LogP contribution in [-0.4, -0.2) is 9.85 Å². The van der Waals surface area contributed by atoms with Crippen LogP contribution in [0.2, 0.25) is 0 Å². The van der Waals surface area contributed by atoms with E-state index in [4.69, 9.17) is 0 Å². The summed E-state index contributed by atoms with van der Waals surface area (Å²) in [7, 11) is -1.60. The van der Waals surface area contributed by atoms with Gasteiger partial charge in [-0.25, -0.2) is 0 Å². The molecule has 0 aliphatic rings. The van der Waals surface area contributed by atoms with Crippen molar-refractivity contribution in [3.63, 3.8) is 0 Å². The Morgan fingerprint density at radius 1 is 0.938 bits per heavy atom. The lowest BCUT2D eigenvalue weighted by Crippen LogP contribution is -2.31. The third-order valence-corrected chi connectivity index (χ3v) is 3.73. The van der Waals surface area contributed by atoms with E-state index in [2.05, 4.69) is 47.6 Å². The van der Waals surface area contributed by atoms with Gasteiger partial charge in [0.05, 0.1) is 0 Å². The molecular weight excluding hydrogens is 215 g/mol. The minimum atomic E-state index is -1.60. The van der Waals surface area contributed by atoms with E-state index in [1.54, 1.807) is 0 Å². The quantitative estimate of drug-likeness (QED) is 0.521. The fourth-order valence-corrected chi connectivity index (χ4v) is 3.30. The summed E-state index contributed by atoms with van der Waals surface area (Å²) >= 11 is 0. The normalized spacial score (nSPS) is 13.7. The van der Waals surface area contributed by atoms with E-state index in [1.165, 1.54) is 11.1 Å². The molecule has 0 atom stereocenters. The molecule has 2 heteroatoms. The fourth-order valence-electron chi connectivity index (χ4n) is 2.22. The summed E-state index contributed by atoms with van der Waals surface area (Å²) < 4.78 is 13.2. The number of benzene rings is 1. The summed E-state index contributed by atoms with van der Waals surface area (Å²) in [6.45, 7) is 13.1. The summed E-state index contributed by atoms with van der Waals surface area (Å²) in [6, 6.07) is 6.11. The van der Waals surface area contributed by atoms with Gasteiger partial charge >= 0.3 is 0 Å².